The summed E-state index contributed by atoms with van der Waals surface area (Å²) in [6.45, 7) is 1.25. The Kier molecular flexibility index (Phi) is 4.52. The first kappa shape index (κ1) is 12.4. The Morgan fingerprint density at radius 2 is 2.07 bits per heavy atom. The number of imide groups is 1. The third-order valence-corrected chi connectivity index (χ3v) is 3.45. The van der Waals surface area contributed by atoms with Gasteiger partial charge in [-0.15, -0.1) is 0 Å². The molecule has 15 heavy (non-hydrogen) atoms. The van der Waals surface area contributed by atoms with Crippen molar-refractivity contribution in [1.82, 2.24) is 5.32 Å². The van der Waals surface area contributed by atoms with Crippen molar-refractivity contribution in [2.24, 2.45) is 0 Å². The van der Waals surface area contributed by atoms with Crippen molar-refractivity contribution in [3.63, 3.8) is 0 Å². The molecule has 80 valence electrons. The van der Waals surface area contributed by atoms with Gasteiger partial charge in [-0.2, -0.15) is 0 Å². The lowest BCUT2D eigenvalue weighted by Crippen LogP contribution is -2.28. The van der Waals surface area contributed by atoms with Crippen LogP contribution in [0.5, 0.6) is 0 Å². The van der Waals surface area contributed by atoms with Crippen molar-refractivity contribution in [2.75, 3.05) is 0 Å². The number of hydrogen-bond acceptors (Lipinski definition) is 3. The van der Waals surface area contributed by atoms with Crippen LogP contribution < -0.4 is 5.32 Å². The Bertz CT molecular complexity index is 433. The van der Waals surface area contributed by atoms with Gasteiger partial charge in [-0.1, -0.05) is 15.9 Å². The van der Waals surface area contributed by atoms with E-state index >= 15 is 0 Å². The van der Waals surface area contributed by atoms with Crippen molar-refractivity contribution >= 4 is 48.9 Å². The molecule has 1 rings (SSSR count). The summed E-state index contributed by atoms with van der Waals surface area (Å²) >= 11 is 1.78. The molecule has 0 aliphatic carbocycles. The van der Waals surface area contributed by atoms with Gasteiger partial charge in [-0.3, -0.25) is 18.0 Å². The molecule has 0 fully saturated rings. The normalized spacial score (nSPS) is 9.73. The molecule has 0 atom stereocenters. The van der Waals surface area contributed by atoms with Gasteiger partial charge in [0.15, 0.2) is 21.2 Å². The summed E-state index contributed by atoms with van der Waals surface area (Å²) in [7, 11) is 0. The van der Waals surface area contributed by atoms with E-state index in [-0.39, 0.29) is 5.56 Å². The van der Waals surface area contributed by atoms with Gasteiger partial charge in [0.1, 0.15) is 0 Å². The summed E-state index contributed by atoms with van der Waals surface area (Å²) in [5.41, 5.74) is 0.280. The Hall–Kier alpha value is -0.630. The van der Waals surface area contributed by atoms with Crippen LogP contribution in [-0.4, -0.2) is 11.8 Å². The van der Waals surface area contributed by atoms with Crippen LogP contribution in [0.25, 0.3) is 0 Å². The summed E-state index contributed by atoms with van der Waals surface area (Å²) in [5, 5.41) is 2.14. The second-order valence-corrected chi connectivity index (χ2v) is 5.23. The lowest BCUT2D eigenvalue weighted by molar-refractivity contribution is -0.118. The van der Waals surface area contributed by atoms with E-state index in [1.54, 1.807) is 18.2 Å². The highest BCUT2D eigenvalue weighted by atomic mass is 127. The number of rotatable bonds is 2. The first-order valence-electron chi connectivity index (χ1n) is 3.93. The third kappa shape index (κ3) is 3.45. The number of carbonyl (C=O) groups is 2. The molecule has 0 aliphatic rings. The molecule has 0 unspecified atom stereocenters. The largest absolute Gasteiger partial charge is 0.293 e. The van der Waals surface area contributed by atoms with Crippen LogP contribution in [0, 0.1) is 3.57 Å². The number of nitrogens with one attached hydrogen (secondary N) is 1. The minimum absolute atomic E-state index is 0.280. The monoisotopic (exact) mass is 383 g/mol. The van der Waals surface area contributed by atoms with Crippen molar-refractivity contribution in [3.05, 3.63) is 31.8 Å². The van der Waals surface area contributed by atoms with Crippen LogP contribution >= 0.6 is 37.1 Å². The molecule has 0 aromatic heterocycles. The van der Waals surface area contributed by atoms with Crippen molar-refractivity contribution in [3.8, 4) is 0 Å². The Balaban J connectivity index is 3.11. The van der Waals surface area contributed by atoms with Crippen LogP contribution in [0.4, 0.5) is 0 Å². The Labute approximate surface area is 105 Å². The fourth-order valence-corrected chi connectivity index (χ4v) is 2.29. The van der Waals surface area contributed by atoms with E-state index in [0.29, 0.717) is 8.04 Å². The van der Waals surface area contributed by atoms with Crippen molar-refractivity contribution in [1.29, 1.82) is 0 Å². The number of benzene rings is 1. The SMILES string of the molecule is CC(=O)NC(=O)c1cc(Br)ccc1I=O. The molecule has 0 saturated carbocycles. The van der Waals surface area contributed by atoms with E-state index in [2.05, 4.69) is 21.2 Å². The number of halogens is 2. The van der Waals surface area contributed by atoms with E-state index in [1.807, 2.05) is 0 Å². The predicted octanol–water partition coefficient (Wildman–Crippen LogP) is 2.21. The molecule has 0 saturated heterocycles. The molecule has 1 aromatic carbocycles. The molecule has 2 amide bonds. The highest BCUT2D eigenvalue weighted by Crippen LogP contribution is 2.20. The average molecular weight is 384 g/mol. The second kappa shape index (κ2) is 5.45. The summed E-state index contributed by atoms with van der Waals surface area (Å²) in [5.74, 6) is -0.954. The summed E-state index contributed by atoms with van der Waals surface area (Å²) in [6.07, 6.45) is 0. The van der Waals surface area contributed by atoms with E-state index in [4.69, 9.17) is 0 Å². The van der Waals surface area contributed by atoms with E-state index in [1.165, 1.54) is 6.92 Å². The van der Waals surface area contributed by atoms with Crippen LogP contribution in [0.2, 0.25) is 0 Å². The molecule has 0 bridgehead atoms. The molecular formula is C9H7BrINO3. The van der Waals surface area contributed by atoms with Gasteiger partial charge in [0, 0.05) is 11.4 Å². The molecule has 0 heterocycles. The highest BCUT2D eigenvalue weighted by molar-refractivity contribution is 14.1. The first-order chi connectivity index (χ1) is 7.04. The predicted molar refractivity (Wildman–Crippen MR) is 65.7 cm³/mol. The average Bonchev–Trinajstić information content (AvgIpc) is 2.16. The standard InChI is InChI=1S/C9H7BrINO3/c1-5(13)12-9(14)7-4-6(10)2-3-8(7)11-15/h2-4H,1H3,(H,12,13,14). The molecule has 4 nitrogen and oxygen atoms in total. The fourth-order valence-electron chi connectivity index (χ4n) is 0.966. The highest BCUT2D eigenvalue weighted by Gasteiger charge is 2.13. The van der Waals surface area contributed by atoms with E-state index in [9.17, 15) is 12.7 Å². The maximum Gasteiger partial charge on any atom is 0.259 e. The molecule has 0 spiro atoms. The zero-order valence-electron chi connectivity index (χ0n) is 7.71. The van der Waals surface area contributed by atoms with Gasteiger partial charge in [-0.05, 0) is 18.2 Å². The number of carbonyl (C=O) groups excluding carboxylic acids is 2. The van der Waals surface area contributed by atoms with Crippen LogP contribution in [0.15, 0.2) is 22.7 Å². The van der Waals surface area contributed by atoms with Crippen LogP contribution in [0.3, 0.4) is 0 Å². The number of hydrogen-bond donors (Lipinski definition) is 1. The zero-order valence-corrected chi connectivity index (χ0v) is 11.5. The summed E-state index contributed by atoms with van der Waals surface area (Å²) in [4.78, 5) is 22.2. The molecule has 6 heteroatoms. The Morgan fingerprint density at radius 1 is 1.40 bits per heavy atom. The summed E-state index contributed by atoms with van der Waals surface area (Å²) < 4.78 is 12.1. The van der Waals surface area contributed by atoms with Gasteiger partial charge in [0.05, 0.1) is 9.13 Å². The topological polar surface area (TPSA) is 63.2 Å². The third-order valence-electron chi connectivity index (χ3n) is 1.55. The van der Waals surface area contributed by atoms with E-state index in [0.717, 1.165) is 0 Å². The second-order valence-electron chi connectivity index (χ2n) is 2.71. The molecular weight excluding hydrogens is 377 g/mol. The maximum atomic E-state index is 11.5. The lowest BCUT2D eigenvalue weighted by atomic mass is 10.2. The van der Waals surface area contributed by atoms with Crippen molar-refractivity contribution < 1.29 is 12.7 Å². The first-order valence-corrected chi connectivity index (χ1v) is 6.68. The minimum Gasteiger partial charge on any atom is -0.293 e. The molecule has 1 N–H and O–H groups in total. The lowest BCUT2D eigenvalue weighted by Gasteiger charge is -2.03. The van der Waals surface area contributed by atoms with Gasteiger partial charge in [0.25, 0.3) is 5.91 Å². The van der Waals surface area contributed by atoms with E-state index < -0.39 is 33.0 Å². The summed E-state index contributed by atoms with van der Waals surface area (Å²) in [6, 6.07) is 4.86. The van der Waals surface area contributed by atoms with Gasteiger partial charge >= 0.3 is 0 Å². The number of amides is 2. The zero-order chi connectivity index (χ0) is 11.4. The van der Waals surface area contributed by atoms with Crippen LogP contribution in [-0.2, 0) is 7.86 Å². The smallest absolute Gasteiger partial charge is 0.259 e. The van der Waals surface area contributed by atoms with Gasteiger partial charge in [0.2, 0.25) is 5.91 Å². The van der Waals surface area contributed by atoms with Crippen LogP contribution in [0.1, 0.15) is 17.3 Å². The Morgan fingerprint density at radius 3 is 2.60 bits per heavy atom. The molecule has 0 radical (unpaired) electrons. The van der Waals surface area contributed by atoms with Gasteiger partial charge in [-0.25, -0.2) is 0 Å². The molecule has 0 aliphatic heterocycles. The van der Waals surface area contributed by atoms with Gasteiger partial charge < -0.3 is 0 Å². The van der Waals surface area contributed by atoms with Crippen molar-refractivity contribution in [2.45, 2.75) is 6.92 Å². The minimum atomic E-state index is -1.43. The maximum absolute atomic E-state index is 11.5. The fraction of sp³-hybridized carbons (Fsp3) is 0.111. The molecule has 1 aromatic rings. The quantitative estimate of drug-likeness (QED) is 0.796.